The van der Waals surface area contributed by atoms with Crippen LogP contribution in [0.25, 0.3) is 0 Å². The smallest absolute Gasteiger partial charge is 0.261 e. The molecule has 2 unspecified atom stereocenters. The number of para-hydroxylation sites is 1. The maximum atomic E-state index is 12.9. The summed E-state index contributed by atoms with van der Waals surface area (Å²) in [6.07, 6.45) is 4.71. The lowest BCUT2D eigenvalue weighted by Crippen LogP contribution is -2.50. The van der Waals surface area contributed by atoms with E-state index in [2.05, 4.69) is 30.2 Å². The van der Waals surface area contributed by atoms with Crippen LogP contribution in [0.4, 0.5) is 0 Å². The molecular weight excluding hydrogens is 364 g/mol. The fraction of sp³-hybridized carbons (Fsp3) is 0.500. The number of carbonyl (C=O) groups excluding carboxylic acids is 1. The molecule has 1 amide bonds. The molecule has 1 aromatic heterocycles. The van der Waals surface area contributed by atoms with Crippen LogP contribution in [0.2, 0.25) is 0 Å². The Morgan fingerprint density at radius 1 is 1.41 bits per heavy atom. The van der Waals surface area contributed by atoms with Crippen LogP contribution in [0.1, 0.15) is 43.6 Å². The van der Waals surface area contributed by atoms with Crippen LogP contribution in [0.15, 0.2) is 36.7 Å². The van der Waals surface area contributed by atoms with E-state index in [0.29, 0.717) is 19.0 Å². The first-order chi connectivity index (χ1) is 12.6. The predicted molar refractivity (Wildman–Crippen MR) is 108 cm³/mol. The van der Waals surface area contributed by atoms with Crippen molar-refractivity contribution in [2.45, 2.75) is 32.2 Å². The maximum absolute atomic E-state index is 12.9. The molecule has 0 bridgehead atoms. The van der Waals surface area contributed by atoms with Crippen molar-refractivity contribution in [2.24, 2.45) is 7.05 Å². The van der Waals surface area contributed by atoms with Gasteiger partial charge in [-0.2, -0.15) is 0 Å². The lowest BCUT2D eigenvalue weighted by molar-refractivity contribution is -0.137. The van der Waals surface area contributed by atoms with Gasteiger partial charge in [-0.15, -0.1) is 12.4 Å². The molecule has 1 N–H and O–H groups in total. The molecule has 0 radical (unpaired) electrons. The number of aryl methyl sites for hydroxylation is 1. The normalized spacial score (nSPS) is 17.9. The molecule has 7 heteroatoms. The van der Waals surface area contributed by atoms with Gasteiger partial charge < -0.3 is 19.5 Å². The molecule has 6 nitrogen and oxygen atoms in total. The summed E-state index contributed by atoms with van der Waals surface area (Å²) in [4.78, 5) is 19.2. The average molecular weight is 393 g/mol. The van der Waals surface area contributed by atoms with Gasteiger partial charge in [-0.05, 0) is 24.0 Å². The molecule has 148 valence electrons. The molecule has 1 fully saturated rings. The second kappa shape index (κ2) is 9.76. The summed E-state index contributed by atoms with van der Waals surface area (Å²) in [7, 11) is 1.96. The highest BCUT2D eigenvalue weighted by Crippen LogP contribution is 2.28. The zero-order chi connectivity index (χ0) is 18.5. The quantitative estimate of drug-likeness (QED) is 0.821. The summed E-state index contributed by atoms with van der Waals surface area (Å²) >= 11 is 0. The van der Waals surface area contributed by atoms with E-state index in [0.717, 1.165) is 30.1 Å². The summed E-state index contributed by atoms with van der Waals surface area (Å²) in [5, 5.41) is 3.35. The number of imidazole rings is 1. The average Bonchev–Trinajstić information content (AvgIpc) is 3.11. The van der Waals surface area contributed by atoms with E-state index in [1.54, 1.807) is 6.20 Å². The van der Waals surface area contributed by atoms with E-state index in [1.807, 2.05) is 40.9 Å². The Morgan fingerprint density at radius 3 is 2.89 bits per heavy atom. The van der Waals surface area contributed by atoms with Gasteiger partial charge in [0.25, 0.3) is 5.91 Å². The van der Waals surface area contributed by atoms with Crippen molar-refractivity contribution >= 4 is 18.3 Å². The molecule has 27 heavy (non-hydrogen) atoms. The van der Waals surface area contributed by atoms with E-state index in [1.165, 1.54) is 0 Å². The fourth-order valence-corrected chi connectivity index (χ4v) is 3.39. The third kappa shape index (κ3) is 4.82. The van der Waals surface area contributed by atoms with Gasteiger partial charge in [0.2, 0.25) is 0 Å². The number of halogens is 1. The van der Waals surface area contributed by atoms with Crippen LogP contribution >= 0.6 is 12.4 Å². The van der Waals surface area contributed by atoms with Crippen LogP contribution in [0, 0.1) is 0 Å². The van der Waals surface area contributed by atoms with Crippen LogP contribution in [0.3, 0.4) is 0 Å². The summed E-state index contributed by atoms with van der Waals surface area (Å²) in [6.45, 7) is 6.54. The largest absolute Gasteiger partial charge is 0.483 e. The number of piperazine rings is 1. The van der Waals surface area contributed by atoms with Crippen LogP contribution in [0.5, 0.6) is 5.75 Å². The number of nitrogens with zero attached hydrogens (tertiary/aromatic N) is 3. The monoisotopic (exact) mass is 392 g/mol. The number of ether oxygens (including phenoxy) is 1. The van der Waals surface area contributed by atoms with Gasteiger partial charge in [-0.3, -0.25) is 4.79 Å². The summed E-state index contributed by atoms with van der Waals surface area (Å²) in [5.41, 5.74) is 1.16. The Kier molecular flexibility index (Phi) is 7.68. The Labute approximate surface area is 167 Å². The van der Waals surface area contributed by atoms with Gasteiger partial charge in [0.05, 0.1) is 0 Å². The number of benzene rings is 1. The van der Waals surface area contributed by atoms with Crippen LogP contribution in [-0.4, -0.2) is 46.6 Å². The van der Waals surface area contributed by atoms with Gasteiger partial charge in [0.1, 0.15) is 17.6 Å². The molecule has 2 atom stereocenters. The number of rotatable bonds is 6. The van der Waals surface area contributed by atoms with Crippen molar-refractivity contribution < 1.29 is 9.53 Å². The first-order valence-corrected chi connectivity index (χ1v) is 9.31. The standard InChI is InChI=1S/C20H28N4O2.ClH/c1-4-15(2)16-7-5-6-8-18(16)26-14-19(25)24-12-9-21-13-17(24)20-22-10-11-23(20)3;/h5-8,10-11,15,17,21H,4,9,12-14H2,1-3H3;1H. The molecule has 1 aliphatic heterocycles. The Hall–Kier alpha value is -2.05. The molecular formula is C20H29ClN4O2. The zero-order valence-corrected chi connectivity index (χ0v) is 17.0. The maximum Gasteiger partial charge on any atom is 0.261 e. The molecule has 0 saturated carbocycles. The number of nitrogens with one attached hydrogen (secondary N) is 1. The summed E-state index contributed by atoms with van der Waals surface area (Å²) in [6, 6.07) is 7.93. The highest BCUT2D eigenvalue weighted by molar-refractivity contribution is 5.85. The van der Waals surface area contributed by atoms with Gasteiger partial charge in [-0.1, -0.05) is 32.0 Å². The predicted octanol–water partition coefficient (Wildman–Crippen LogP) is 2.91. The van der Waals surface area contributed by atoms with Gasteiger partial charge in [-0.25, -0.2) is 4.98 Å². The second-order valence-electron chi connectivity index (χ2n) is 6.84. The van der Waals surface area contributed by atoms with Crippen LogP contribution in [-0.2, 0) is 11.8 Å². The first kappa shape index (κ1) is 21.3. The van der Waals surface area contributed by atoms with E-state index in [9.17, 15) is 4.79 Å². The Balaban J connectivity index is 0.00000261. The van der Waals surface area contributed by atoms with Gasteiger partial charge in [0, 0.05) is 39.1 Å². The molecule has 3 rings (SSSR count). The molecule has 1 saturated heterocycles. The third-order valence-electron chi connectivity index (χ3n) is 5.13. The highest BCUT2D eigenvalue weighted by Gasteiger charge is 2.30. The van der Waals surface area contributed by atoms with Crippen molar-refractivity contribution in [3.63, 3.8) is 0 Å². The molecule has 1 aliphatic rings. The minimum atomic E-state index is -0.0651. The van der Waals surface area contributed by atoms with Crippen molar-refractivity contribution in [3.05, 3.63) is 48.0 Å². The van der Waals surface area contributed by atoms with E-state index >= 15 is 0 Å². The van der Waals surface area contributed by atoms with E-state index < -0.39 is 0 Å². The minimum Gasteiger partial charge on any atom is -0.483 e. The first-order valence-electron chi connectivity index (χ1n) is 9.31. The topological polar surface area (TPSA) is 59.4 Å². The molecule has 1 aromatic carbocycles. The third-order valence-corrected chi connectivity index (χ3v) is 5.13. The number of aromatic nitrogens is 2. The van der Waals surface area contributed by atoms with Crippen LogP contribution < -0.4 is 10.1 Å². The van der Waals surface area contributed by atoms with Crippen molar-refractivity contribution in [3.8, 4) is 5.75 Å². The SMILES string of the molecule is CCC(C)c1ccccc1OCC(=O)N1CCNCC1c1nccn1C.Cl. The molecule has 2 heterocycles. The van der Waals surface area contributed by atoms with Crippen molar-refractivity contribution in [1.82, 2.24) is 19.8 Å². The minimum absolute atomic E-state index is 0. The fourth-order valence-electron chi connectivity index (χ4n) is 3.39. The number of hydrogen-bond acceptors (Lipinski definition) is 4. The lowest BCUT2D eigenvalue weighted by Gasteiger charge is -2.35. The molecule has 0 spiro atoms. The molecule has 2 aromatic rings. The summed E-state index contributed by atoms with van der Waals surface area (Å²) < 4.78 is 7.90. The van der Waals surface area contributed by atoms with E-state index in [4.69, 9.17) is 4.74 Å². The highest BCUT2D eigenvalue weighted by atomic mass is 35.5. The Morgan fingerprint density at radius 2 is 2.19 bits per heavy atom. The second-order valence-corrected chi connectivity index (χ2v) is 6.84. The number of amides is 1. The Bertz CT molecular complexity index is 749. The zero-order valence-electron chi connectivity index (χ0n) is 16.2. The molecule has 0 aliphatic carbocycles. The van der Waals surface area contributed by atoms with Crippen molar-refractivity contribution in [2.75, 3.05) is 26.2 Å². The van der Waals surface area contributed by atoms with Gasteiger partial charge >= 0.3 is 0 Å². The van der Waals surface area contributed by atoms with E-state index in [-0.39, 0.29) is 31.0 Å². The van der Waals surface area contributed by atoms with Gasteiger partial charge in [0.15, 0.2) is 6.61 Å². The van der Waals surface area contributed by atoms with Crippen molar-refractivity contribution in [1.29, 1.82) is 0 Å². The summed E-state index contributed by atoms with van der Waals surface area (Å²) in [5.74, 6) is 2.10. The number of hydrogen-bond donors (Lipinski definition) is 1. The lowest BCUT2D eigenvalue weighted by atomic mass is 9.98. The number of carbonyl (C=O) groups is 1.